The number of alkyl carbamates (subject to hydrolysis) is 1. The molecule has 1 saturated heterocycles. The third-order valence-corrected chi connectivity index (χ3v) is 7.55. The number of aliphatic hydroxyl groups is 1. The fourth-order valence-corrected chi connectivity index (χ4v) is 5.52. The maximum absolute atomic E-state index is 13.4. The molecule has 3 rings (SSSR count). The van der Waals surface area contributed by atoms with Crippen LogP contribution >= 0.6 is 0 Å². The summed E-state index contributed by atoms with van der Waals surface area (Å²) in [5.41, 5.74) is 7.06. The van der Waals surface area contributed by atoms with Crippen LogP contribution < -0.4 is 11.1 Å². The molecule has 0 bridgehead atoms. The van der Waals surface area contributed by atoms with E-state index in [2.05, 4.69) is 5.32 Å². The first-order valence-corrected chi connectivity index (χ1v) is 13.2. The summed E-state index contributed by atoms with van der Waals surface area (Å²) < 4.78 is 38.7. The highest BCUT2D eigenvalue weighted by Crippen LogP contribution is 2.20. The molecule has 0 aromatic heterocycles. The van der Waals surface area contributed by atoms with E-state index >= 15 is 0 Å². The minimum atomic E-state index is -3.90. The van der Waals surface area contributed by atoms with Crippen molar-refractivity contribution in [3.05, 3.63) is 60.2 Å². The minimum Gasteiger partial charge on any atom is -0.444 e. The van der Waals surface area contributed by atoms with Crippen molar-refractivity contribution in [2.24, 2.45) is 5.92 Å². The van der Waals surface area contributed by atoms with Crippen LogP contribution in [0.1, 0.15) is 25.8 Å². The summed E-state index contributed by atoms with van der Waals surface area (Å²) in [5.74, 6) is 0.0126. The van der Waals surface area contributed by atoms with Crippen molar-refractivity contribution >= 4 is 21.8 Å². The van der Waals surface area contributed by atoms with E-state index in [1.54, 1.807) is 0 Å². The molecule has 1 amide bonds. The highest BCUT2D eigenvalue weighted by atomic mass is 32.2. The Bertz CT molecular complexity index is 1040. The number of amides is 1. The van der Waals surface area contributed by atoms with E-state index in [9.17, 15) is 18.3 Å². The van der Waals surface area contributed by atoms with Gasteiger partial charge in [-0.15, -0.1) is 0 Å². The Kier molecular flexibility index (Phi) is 9.50. The number of anilines is 1. The van der Waals surface area contributed by atoms with Gasteiger partial charge in [0, 0.05) is 25.2 Å². The van der Waals surface area contributed by atoms with Crippen LogP contribution in [0.2, 0.25) is 0 Å². The zero-order chi connectivity index (χ0) is 25.4. The van der Waals surface area contributed by atoms with E-state index in [1.165, 1.54) is 28.6 Å². The summed E-state index contributed by atoms with van der Waals surface area (Å²) in [6.45, 7) is 4.67. The summed E-state index contributed by atoms with van der Waals surface area (Å²) in [7, 11) is -3.90. The molecule has 0 saturated carbocycles. The number of nitrogens with one attached hydrogen (secondary N) is 1. The number of ether oxygens (including phenoxy) is 2. The molecule has 10 heteroatoms. The molecular weight excluding hydrogens is 470 g/mol. The second kappa shape index (κ2) is 12.3. The first-order chi connectivity index (χ1) is 16.6. The quantitative estimate of drug-likeness (QED) is 0.400. The number of aliphatic hydroxyl groups excluding tert-OH is 1. The first kappa shape index (κ1) is 26.9. The zero-order valence-electron chi connectivity index (χ0n) is 20.2. The predicted octanol–water partition coefficient (Wildman–Crippen LogP) is 2.40. The Labute approximate surface area is 207 Å². The predicted molar refractivity (Wildman–Crippen MR) is 133 cm³/mol. The number of carbonyl (C=O) groups is 1. The molecule has 1 heterocycles. The summed E-state index contributed by atoms with van der Waals surface area (Å²) in [6.07, 6.45) is -1.29. The molecule has 2 aromatic rings. The van der Waals surface area contributed by atoms with Crippen molar-refractivity contribution in [3.63, 3.8) is 0 Å². The van der Waals surface area contributed by atoms with Gasteiger partial charge >= 0.3 is 6.09 Å². The van der Waals surface area contributed by atoms with Crippen LogP contribution in [-0.4, -0.2) is 68.5 Å². The van der Waals surface area contributed by atoms with Gasteiger partial charge in [-0.3, -0.25) is 0 Å². The van der Waals surface area contributed by atoms with E-state index in [1.807, 2.05) is 44.2 Å². The lowest BCUT2D eigenvalue weighted by Gasteiger charge is -2.30. The van der Waals surface area contributed by atoms with Crippen LogP contribution in [0.5, 0.6) is 0 Å². The lowest BCUT2D eigenvalue weighted by atomic mass is 10.0. The van der Waals surface area contributed by atoms with Crippen LogP contribution in [0, 0.1) is 5.92 Å². The van der Waals surface area contributed by atoms with Crippen LogP contribution in [0.25, 0.3) is 0 Å². The average Bonchev–Trinajstić information content (AvgIpc) is 3.31. The molecule has 1 aliphatic rings. The molecule has 3 atom stereocenters. The number of sulfonamides is 1. The van der Waals surface area contributed by atoms with Gasteiger partial charge < -0.3 is 25.6 Å². The van der Waals surface area contributed by atoms with Crippen molar-refractivity contribution in [2.75, 3.05) is 32.0 Å². The number of carbonyl (C=O) groups excluding carboxylic acids is 1. The second-order valence-corrected chi connectivity index (χ2v) is 11.1. The van der Waals surface area contributed by atoms with Crippen LogP contribution in [-0.2, 0) is 25.9 Å². The van der Waals surface area contributed by atoms with Crippen molar-refractivity contribution in [3.8, 4) is 0 Å². The van der Waals surface area contributed by atoms with E-state index in [-0.39, 0.29) is 30.0 Å². The van der Waals surface area contributed by atoms with Gasteiger partial charge in [0.05, 0.1) is 30.3 Å². The molecule has 1 fully saturated rings. The lowest BCUT2D eigenvalue weighted by Crippen LogP contribution is -2.51. The summed E-state index contributed by atoms with van der Waals surface area (Å²) in [6, 6.07) is 14.6. The molecule has 2 aromatic carbocycles. The molecule has 9 nitrogen and oxygen atoms in total. The number of hydrogen-bond acceptors (Lipinski definition) is 7. The maximum Gasteiger partial charge on any atom is 0.407 e. The standard InChI is InChI=1S/C25H35N3O6S/c1-18(2)15-28(35(31,32)22-10-8-20(26)9-11-22)16-24(29)23(14-19-6-4-3-5-7-19)27-25(30)34-21-12-13-33-17-21/h3-11,18,21,23-24,29H,12-17,26H2,1-2H3,(H,27,30)/t21-,23+,24+/m1/s1. The third kappa shape index (κ3) is 7.93. The zero-order valence-corrected chi connectivity index (χ0v) is 21.0. The van der Waals surface area contributed by atoms with Gasteiger partial charge in [0.2, 0.25) is 10.0 Å². The number of rotatable bonds is 11. The number of benzene rings is 2. The monoisotopic (exact) mass is 505 g/mol. The molecule has 0 spiro atoms. The third-order valence-electron chi connectivity index (χ3n) is 5.71. The topological polar surface area (TPSA) is 131 Å². The Morgan fingerprint density at radius 1 is 1.17 bits per heavy atom. The number of hydrogen-bond donors (Lipinski definition) is 3. The molecule has 35 heavy (non-hydrogen) atoms. The van der Waals surface area contributed by atoms with Gasteiger partial charge in [0.25, 0.3) is 0 Å². The SMILES string of the molecule is CC(C)CN(C[C@H](O)[C@H](Cc1ccccc1)NC(=O)O[C@@H]1CCOC1)S(=O)(=O)c1ccc(N)cc1. The van der Waals surface area contributed by atoms with Crippen LogP contribution in [0.4, 0.5) is 10.5 Å². The average molecular weight is 506 g/mol. The molecule has 4 N–H and O–H groups in total. The summed E-state index contributed by atoms with van der Waals surface area (Å²) in [4.78, 5) is 12.7. The highest BCUT2D eigenvalue weighted by molar-refractivity contribution is 7.89. The molecule has 0 unspecified atom stereocenters. The number of nitrogens with zero attached hydrogens (tertiary/aromatic N) is 1. The Balaban J connectivity index is 1.80. The summed E-state index contributed by atoms with van der Waals surface area (Å²) >= 11 is 0. The fourth-order valence-electron chi connectivity index (χ4n) is 3.90. The van der Waals surface area contributed by atoms with Crippen molar-refractivity contribution in [2.45, 2.75) is 49.8 Å². The van der Waals surface area contributed by atoms with Crippen molar-refractivity contribution in [1.29, 1.82) is 0 Å². The Morgan fingerprint density at radius 2 is 1.86 bits per heavy atom. The molecule has 1 aliphatic heterocycles. The van der Waals surface area contributed by atoms with Gasteiger partial charge in [-0.05, 0) is 42.2 Å². The van der Waals surface area contributed by atoms with Gasteiger partial charge in [0.1, 0.15) is 6.10 Å². The number of nitrogen functional groups attached to an aromatic ring is 1. The molecule has 0 aliphatic carbocycles. The lowest BCUT2D eigenvalue weighted by molar-refractivity contribution is 0.0644. The van der Waals surface area contributed by atoms with Crippen LogP contribution in [0.15, 0.2) is 59.5 Å². The maximum atomic E-state index is 13.4. The van der Waals surface area contributed by atoms with Gasteiger partial charge in [-0.1, -0.05) is 44.2 Å². The smallest absolute Gasteiger partial charge is 0.407 e. The Hall–Kier alpha value is -2.66. The Morgan fingerprint density at radius 3 is 2.46 bits per heavy atom. The van der Waals surface area contributed by atoms with Crippen molar-refractivity contribution < 1.29 is 27.8 Å². The first-order valence-electron chi connectivity index (χ1n) is 11.8. The largest absolute Gasteiger partial charge is 0.444 e. The molecule has 192 valence electrons. The minimum absolute atomic E-state index is 0.0126. The van der Waals surface area contributed by atoms with E-state index < -0.39 is 28.3 Å². The molecular formula is C25H35N3O6S. The highest BCUT2D eigenvalue weighted by Gasteiger charge is 2.32. The van der Waals surface area contributed by atoms with Crippen molar-refractivity contribution in [1.82, 2.24) is 9.62 Å². The molecule has 0 radical (unpaired) electrons. The van der Waals surface area contributed by atoms with Gasteiger partial charge in [-0.25, -0.2) is 13.2 Å². The van der Waals surface area contributed by atoms with E-state index in [0.717, 1.165) is 5.56 Å². The van der Waals surface area contributed by atoms with Gasteiger partial charge in [0.15, 0.2) is 0 Å². The van der Waals surface area contributed by atoms with Gasteiger partial charge in [-0.2, -0.15) is 4.31 Å². The summed E-state index contributed by atoms with van der Waals surface area (Å²) in [5, 5.41) is 13.9. The second-order valence-electron chi connectivity index (χ2n) is 9.18. The normalized spacial score (nSPS) is 17.9. The van der Waals surface area contributed by atoms with E-state index in [0.29, 0.717) is 31.7 Å². The fraction of sp³-hybridized carbons (Fsp3) is 0.480. The van der Waals surface area contributed by atoms with E-state index in [4.69, 9.17) is 15.2 Å². The number of nitrogens with two attached hydrogens (primary N) is 1. The van der Waals surface area contributed by atoms with Crippen LogP contribution in [0.3, 0.4) is 0 Å².